The molecule has 10 heteroatoms. The standard InChI is InChI=1S/C22H19ClN8O/c23-15-5-8-18(26-10-15)32-17-6-3-14(4-7-17)20-19-21(25)27-13-28-22(19)31(29-20)16-2-1-9-30(11-16)12-24/h3-8,10,13,16H,1-2,9,11H2,(H2,25,27,28)/t16-/m1/s1. The van der Waals surface area contributed by atoms with E-state index in [4.69, 9.17) is 27.2 Å². The molecule has 0 aliphatic carbocycles. The van der Waals surface area contributed by atoms with Crippen LogP contribution in [0.3, 0.4) is 0 Å². The lowest BCUT2D eigenvalue weighted by Gasteiger charge is -2.28. The molecule has 5 rings (SSSR count). The first-order chi connectivity index (χ1) is 15.6. The maximum absolute atomic E-state index is 9.32. The highest BCUT2D eigenvalue weighted by Gasteiger charge is 2.26. The molecular weight excluding hydrogens is 428 g/mol. The van der Waals surface area contributed by atoms with Gasteiger partial charge in [0.15, 0.2) is 11.8 Å². The molecule has 2 N–H and O–H groups in total. The number of pyridine rings is 1. The van der Waals surface area contributed by atoms with E-state index < -0.39 is 0 Å². The number of nitrogens with two attached hydrogens (primary N) is 1. The minimum absolute atomic E-state index is 0.0348. The van der Waals surface area contributed by atoms with Gasteiger partial charge in [-0.2, -0.15) is 10.4 Å². The van der Waals surface area contributed by atoms with E-state index in [-0.39, 0.29) is 6.04 Å². The third-order valence-corrected chi connectivity index (χ3v) is 5.68. The van der Waals surface area contributed by atoms with E-state index in [0.29, 0.717) is 45.7 Å². The number of nitriles is 1. The van der Waals surface area contributed by atoms with E-state index in [2.05, 4.69) is 21.1 Å². The molecule has 4 aromatic rings. The number of fused-ring (bicyclic) bond motifs is 1. The summed E-state index contributed by atoms with van der Waals surface area (Å²) in [6.45, 7) is 1.36. The third kappa shape index (κ3) is 3.76. The molecule has 0 saturated carbocycles. The quantitative estimate of drug-likeness (QED) is 0.466. The molecule has 1 aliphatic heterocycles. The molecule has 3 aromatic heterocycles. The van der Waals surface area contributed by atoms with Crippen molar-refractivity contribution < 1.29 is 4.74 Å². The summed E-state index contributed by atoms with van der Waals surface area (Å²) in [5.74, 6) is 1.46. The fourth-order valence-electron chi connectivity index (χ4n) is 3.92. The Morgan fingerprint density at radius 2 is 1.97 bits per heavy atom. The van der Waals surface area contributed by atoms with Crippen LogP contribution in [-0.2, 0) is 0 Å². The van der Waals surface area contributed by atoms with Gasteiger partial charge in [0, 0.05) is 24.4 Å². The van der Waals surface area contributed by atoms with Gasteiger partial charge in [-0.05, 0) is 43.2 Å². The highest BCUT2D eigenvalue weighted by molar-refractivity contribution is 6.30. The first kappa shape index (κ1) is 20.0. The number of likely N-dealkylation sites (tertiary alicyclic amines) is 1. The van der Waals surface area contributed by atoms with Crippen molar-refractivity contribution in [2.24, 2.45) is 0 Å². The molecule has 4 heterocycles. The summed E-state index contributed by atoms with van der Waals surface area (Å²) in [6.07, 6.45) is 7.05. The monoisotopic (exact) mass is 446 g/mol. The Hall–Kier alpha value is -3.90. The number of aromatic nitrogens is 5. The summed E-state index contributed by atoms with van der Waals surface area (Å²) < 4.78 is 7.66. The Morgan fingerprint density at radius 3 is 2.72 bits per heavy atom. The van der Waals surface area contributed by atoms with Crippen LogP contribution in [-0.4, -0.2) is 42.7 Å². The molecular formula is C22H19ClN8O. The summed E-state index contributed by atoms with van der Waals surface area (Å²) in [4.78, 5) is 14.5. The van der Waals surface area contributed by atoms with Crippen molar-refractivity contribution >= 4 is 28.5 Å². The van der Waals surface area contributed by atoms with Crippen molar-refractivity contribution in [1.29, 1.82) is 5.26 Å². The number of benzene rings is 1. The molecule has 0 bridgehead atoms. The number of hydrogen-bond donors (Lipinski definition) is 1. The van der Waals surface area contributed by atoms with Crippen molar-refractivity contribution in [2.75, 3.05) is 18.8 Å². The van der Waals surface area contributed by atoms with Crippen LogP contribution in [0.2, 0.25) is 5.02 Å². The minimum Gasteiger partial charge on any atom is -0.439 e. The molecule has 32 heavy (non-hydrogen) atoms. The van der Waals surface area contributed by atoms with Gasteiger partial charge in [-0.25, -0.2) is 19.6 Å². The van der Waals surface area contributed by atoms with Crippen LogP contribution in [0.1, 0.15) is 18.9 Å². The number of ether oxygens (including phenoxy) is 1. The maximum atomic E-state index is 9.32. The molecule has 0 unspecified atom stereocenters. The van der Waals surface area contributed by atoms with Gasteiger partial charge in [-0.15, -0.1) is 0 Å². The fourth-order valence-corrected chi connectivity index (χ4v) is 4.03. The first-order valence-corrected chi connectivity index (χ1v) is 10.5. The Kier molecular flexibility index (Phi) is 5.21. The number of hydrogen-bond acceptors (Lipinski definition) is 8. The number of halogens is 1. The maximum Gasteiger partial charge on any atom is 0.219 e. The predicted molar refractivity (Wildman–Crippen MR) is 120 cm³/mol. The van der Waals surface area contributed by atoms with Gasteiger partial charge in [0.1, 0.15) is 23.6 Å². The van der Waals surface area contributed by atoms with E-state index >= 15 is 0 Å². The second-order valence-electron chi connectivity index (χ2n) is 7.53. The normalized spacial score (nSPS) is 16.1. The van der Waals surface area contributed by atoms with E-state index in [9.17, 15) is 5.26 Å². The molecule has 0 amide bonds. The highest BCUT2D eigenvalue weighted by atomic mass is 35.5. The summed E-state index contributed by atoms with van der Waals surface area (Å²) >= 11 is 5.87. The van der Waals surface area contributed by atoms with Crippen molar-refractivity contribution in [3.05, 3.63) is 53.9 Å². The highest BCUT2D eigenvalue weighted by Crippen LogP contribution is 2.34. The van der Waals surface area contributed by atoms with Gasteiger partial charge < -0.3 is 15.4 Å². The largest absolute Gasteiger partial charge is 0.439 e. The topological polar surface area (TPSA) is 119 Å². The lowest BCUT2D eigenvalue weighted by molar-refractivity contribution is 0.236. The molecule has 0 spiro atoms. The summed E-state index contributed by atoms with van der Waals surface area (Å²) in [7, 11) is 0. The summed E-state index contributed by atoms with van der Waals surface area (Å²) in [5, 5.41) is 15.4. The summed E-state index contributed by atoms with van der Waals surface area (Å²) in [6, 6.07) is 11.0. The number of nitrogen functional groups attached to an aromatic ring is 1. The smallest absolute Gasteiger partial charge is 0.219 e. The predicted octanol–water partition coefficient (Wildman–Crippen LogP) is 4.03. The lowest BCUT2D eigenvalue weighted by Crippen LogP contribution is -2.33. The average molecular weight is 447 g/mol. The van der Waals surface area contributed by atoms with Crippen molar-refractivity contribution in [3.63, 3.8) is 0 Å². The molecule has 160 valence electrons. The minimum atomic E-state index is 0.0348. The number of nitrogens with zero attached hydrogens (tertiary/aromatic N) is 7. The number of rotatable bonds is 4. The second kappa shape index (κ2) is 8.32. The van der Waals surface area contributed by atoms with Crippen molar-refractivity contribution in [2.45, 2.75) is 18.9 Å². The van der Waals surface area contributed by atoms with Crippen molar-refractivity contribution in [3.8, 4) is 29.1 Å². The molecule has 1 fully saturated rings. The Bertz CT molecular complexity index is 1300. The van der Waals surface area contributed by atoms with E-state index in [1.54, 1.807) is 17.0 Å². The van der Waals surface area contributed by atoms with Crippen LogP contribution >= 0.6 is 11.6 Å². The van der Waals surface area contributed by atoms with Gasteiger partial charge in [0.05, 0.1) is 23.0 Å². The van der Waals surface area contributed by atoms with Crippen LogP contribution in [0, 0.1) is 11.5 Å². The molecule has 1 aliphatic rings. The van der Waals surface area contributed by atoms with Crippen LogP contribution in [0.25, 0.3) is 22.3 Å². The van der Waals surface area contributed by atoms with Gasteiger partial charge in [-0.1, -0.05) is 11.6 Å². The SMILES string of the molecule is N#CN1CCC[C@@H](n2nc(-c3ccc(Oc4ccc(Cl)cn4)cc3)c3c(N)ncnc32)C1. The second-order valence-corrected chi connectivity index (χ2v) is 7.97. The third-order valence-electron chi connectivity index (χ3n) is 5.45. The molecule has 9 nitrogen and oxygen atoms in total. The van der Waals surface area contributed by atoms with E-state index in [1.807, 2.05) is 28.9 Å². The van der Waals surface area contributed by atoms with Crippen LogP contribution in [0.5, 0.6) is 11.6 Å². The molecule has 0 radical (unpaired) electrons. The fraction of sp³-hybridized carbons (Fsp3) is 0.227. The zero-order chi connectivity index (χ0) is 22.1. The van der Waals surface area contributed by atoms with E-state index in [1.165, 1.54) is 12.5 Å². The number of anilines is 1. The summed E-state index contributed by atoms with van der Waals surface area (Å²) in [5.41, 5.74) is 8.45. The zero-order valence-corrected chi connectivity index (χ0v) is 17.8. The molecule has 1 saturated heterocycles. The molecule has 1 aromatic carbocycles. The first-order valence-electron chi connectivity index (χ1n) is 10.2. The van der Waals surface area contributed by atoms with Gasteiger partial charge in [-0.3, -0.25) is 0 Å². The van der Waals surface area contributed by atoms with Crippen LogP contribution < -0.4 is 10.5 Å². The van der Waals surface area contributed by atoms with Crippen molar-refractivity contribution in [1.82, 2.24) is 29.6 Å². The van der Waals surface area contributed by atoms with Gasteiger partial charge in [0.25, 0.3) is 0 Å². The Morgan fingerprint density at radius 1 is 1.12 bits per heavy atom. The van der Waals surface area contributed by atoms with Crippen LogP contribution in [0.4, 0.5) is 5.82 Å². The van der Waals surface area contributed by atoms with Crippen LogP contribution in [0.15, 0.2) is 48.9 Å². The van der Waals surface area contributed by atoms with Gasteiger partial charge >= 0.3 is 0 Å². The van der Waals surface area contributed by atoms with E-state index in [0.717, 1.165) is 24.9 Å². The number of piperidine rings is 1. The van der Waals surface area contributed by atoms with Gasteiger partial charge in [0.2, 0.25) is 5.88 Å². The average Bonchev–Trinajstić information content (AvgIpc) is 3.22. The molecule has 1 atom stereocenters. The Balaban J connectivity index is 1.50. The Labute approximate surface area is 189 Å². The lowest BCUT2D eigenvalue weighted by atomic mass is 10.1. The zero-order valence-electron chi connectivity index (χ0n) is 17.0.